The second kappa shape index (κ2) is 5.33. The van der Waals surface area contributed by atoms with Gasteiger partial charge in [-0.15, -0.1) is 0 Å². The van der Waals surface area contributed by atoms with Crippen molar-refractivity contribution in [3.8, 4) is 0 Å². The van der Waals surface area contributed by atoms with Crippen molar-refractivity contribution in [2.24, 2.45) is 0 Å². The number of nitrogens with one attached hydrogen (secondary N) is 1. The normalized spacial score (nSPS) is 24.7. The standard InChI is InChI=1S/C12H19NO2/c1-10(12-5-3-8-15-12)13-11-4-2-7-14-9-6-11/h3,5,8,10-11,13H,2,4,6-7,9H2,1H3/t10-,11?/m0/s1. The molecule has 2 atom stereocenters. The van der Waals surface area contributed by atoms with E-state index in [9.17, 15) is 0 Å². The molecule has 3 nitrogen and oxygen atoms in total. The monoisotopic (exact) mass is 209 g/mol. The Kier molecular flexibility index (Phi) is 3.80. The fourth-order valence-electron chi connectivity index (χ4n) is 2.04. The van der Waals surface area contributed by atoms with Gasteiger partial charge in [0, 0.05) is 19.3 Å². The third-order valence-electron chi connectivity index (χ3n) is 2.91. The lowest BCUT2D eigenvalue weighted by Gasteiger charge is -2.20. The van der Waals surface area contributed by atoms with Gasteiger partial charge < -0.3 is 14.5 Å². The van der Waals surface area contributed by atoms with Crippen LogP contribution >= 0.6 is 0 Å². The SMILES string of the molecule is C[C@H](NC1CCCOCC1)c1ccco1. The molecule has 3 heteroatoms. The number of rotatable bonds is 3. The van der Waals surface area contributed by atoms with Gasteiger partial charge in [-0.05, 0) is 38.3 Å². The van der Waals surface area contributed by atoms with Gasteiger partial charge in [-0.25, -0.2) is 0 Å². The molecule has 1 unspecified atom stereocenters. The average Bonchev–Trinajstić information content (AvgIpc) is 2.65. The molecule has 1 aliphatic rings. The molecule has 1 aliphatic heterocycles. The highest BCUT2D eigenvalue weighted by molar-refractivity contribution is 5.03. The third-order valence-corrected chi connectivity index (χ3v) is 2.91. The van der Waals surface area contributed by atoms with Crippen molar-refractivity contribution in [3.05, 3.63) is 24.2 Å². The third kappa shape index (κ3) is 3.08. The van der Waals surface area contributed by atoms with Crippen LogP contribution in [0.4, 0.5) is 0 Å². The maximum absolute atomic E-state index is 5.43. The minimum absolute atomic E-state index is 0.295. The topological polar surface area (TPSA) is 34.4 Å². The van der Waals surface area contributed by atoms with E-state index in [4.69, 9.17) is 9.15 Å². The van der Waals surface area contributed by atoms with Crippen LogP contribution in [0, 0.1) is 0 Å². The predicted octanol–water partition coefficient (Wildman–Crippen LogP) is 2.50. The molecule has 0 amide bonds. The van der Waals surface area contributed by atoms with E-state index in [2.05, 4.69) is 12.2 Å². The van der Waals surface area contributed by atoms with Gasteiger partial charge >= 0.3 is 0 Å². The molecule has 15 heavy (non-hydrogen) atoms. The minimum Gasteiger partial charge on any atom is -0.468 e. The van der Waals surface area contributed by atoms with Crippen LogP contribution < -0.4 is 5.32 Å². The molecule has 1 fully saturated rings. The molecule has 1 N–H and O–H groups in total. The molecule has 1 aromatic rings. The van der Waals surface area contributed by atoms with Gasteiger partial charge in [-0.2, -0.15) is 0 Å². The fraction of sp³-hybridized carbons (Fsp3) is 0.667. The molecule has 1 aromatic heterocycles. The van der Waals surface area contributed by atoms with Gasteiger partial charge in [-0.1, -0.05) is 0 Å². The van der Waals surface area contributed by atoms with Crippen molar-refractivity contribution < 1.29 is 9.15 Å². The van der Waals surface area contributed by atoms with Gasteiger partial charge in [0.25, 0.3) is 0 Å². The Labute approximate surface area is 90.8 Å². The Morgan fingerprint density at radius 1 is 1.40 bits per heavy atom. The molecule has 2 rings (SSSR count). The van der Waals surface area contributed by atoms with Gasteiger partial charge in [0.15, 0.2) is 0 Å². The first-order valence-electron chi connectivity index (χ1n) is 5.73. The van der Waals surface area contributed by atoms with Gasteiger partial charge in [0.1, 0.15) is 5.76 Å². The van der Waals surface area contributed by atoms with Crippen LogP contribution in [-0.2, 0) is 4.74 Å². The van der Waals surface area contributed by atoms with Crippen molar-refractivity contribution in [2.45, 2.75) is 38.3 Å². The van der Waals surface area contributed by atoms with Crippen LogP contribution in [0.2, 0.25) is 0 Å². The molecule has 0 spiro atoms. The summed E-state index contributed by atoms with van der Waals surface area (Å²) < 4.78 is 10.8. The van der Waals surface area contributed by atoms with E-state index in [1.165, 1.54) is 6.42 Å². The maximum Gasteiger partial charge on any atom is 0.120 e. The summed E-state index contributed by atoms with van der Waals surface area (Å²) >= 11 is 0. The van der Waals surface area contributed by atoms with Crippen LogP contribution in [-0.4, -0.2) is 19.3 Å². The zero-order chi connectivity index (χ0) is 10.5. The molecule has 0 saturated carbocycles. The zero-order valence-electron chi connectivity index (χ0n) is 9.24. The van der Waals surface area contributed by atoms with Crippen LogP contribution in [0.1, 0.15) is 38.0 Å². The highest BCUT2D eigenvalue weighted by Gasteiger charge is 2.16. The lowest BCUT2D eigenvalue weighted by molar-refractivity contribution is 0.142. The Morgan fingerprint density at radius 3 is 3.13 bits per heavy atom. The Morgan fingerprint density at radius 2 is 2.33 bits per heavy atom. The smallest absolute Gasteiger partial charge is 0.120 e. The first-order chi connectivity index (χ1) is 7.36. The van der Waals surface area contributed by atoms with Crippen molar-refractivity contribution in [3.63, 3.8) is 0 Å². The lowest BCUT2D eigenvalue weighted by atomic mass is 10.1. The predicted molar refractivity (Wildman–Crippen MR) is 58.7 cm³/mol. The Hall–Kier alpha value is -0.800. The van der Waals surface area contributed by atoms with E-state index in [1.54, 1.807) is 6.26 Å². The van der Waals surface area contributed by atoms with Gasteiger partial charge in [0.05, 0.1) is 12.3 Å². The first kappa shape index (κ1) is 10.7. The van der Waals surface area contributed by atoms with E-state index in [0.29, 0.717) is 12.1 Å². The lowest BCUT2D eigenvalue weighted by Crippen LogP contribution is -2.31. The first-order valence-corrected chi connectivity index (χ1v) is 5.73. The highest BCUT2D eigenvalue weighted by Crippen LogP contribution is 2.16. The second-order valence-corrected chi connectivity index (χ2v) is 4.14. The summed E-state index contributed by atoms with van der Waals surface area (Å²) in [7, 11) is 0. The summed E-state index contributed by atoms with van der Waals surface area (Å²) in [6, 6.07) is 4.81. The van der Waals surface area contributed by atoms with Crippen molar-refractivity contribution in [2.75, 3.05) is 13.2 Å². The molecule has 0 aromatic carbocycles. The number of hydrogen-bond acceptors (Lipinski definition) is 3. The summed E-state index contributed by atoms with van der Waals surface area (Å²) in [6.07, 6.45) is 5.18. The molecular formula is C12H19NO2. The number of furan rings is 1. The van der Waals surface area contributed by atoms with Crippen molar-refractivity contribution >= 4 is 0 Å². The molecule has 84 valence electrons. The van der Waals surface area contributed by atoms with E-state index in [1.807, 2.05) is 12.1 Å². The fourth-order valence-corrected chi connectivity index (χ4v) is 2.04. The van der Waals surface area contributed by atoms with E-state index in [0.717, 1.165) is 31.8 Å². The molecule has 1 saturated heterocycles. The minimum atomic E-state index is 0.295. The van der Waals surface area contributed by atoms with Crippen LogP contribution in [0.5, 0.6) is 0 Å². The molecule has 0 radical (unpaired) electrons. The van der Waals surface area contributed by atoms with Gasteiger partial charge in [-0.3, -0.25) is 0 Å². The largest absolute Gasteiger partial charge is 0.468 e. The van der Waals surface area contributed by atoms with Crippen molar-refractivity contribution in [1.82, 2.24) is 5.32 Å². The van der Waals surface area contributed by atoms with E-state index in [-0.39, 0.29) is 0 Å². The van der Waals surface area contributed by atoms with Crippen molar-refractivity contribution in [1.29, 1.82) is 0 Å². The Bertz CT molecular complexity index is 263. The zero-order valence-corrected chi connectivity index (χ0v) is 9.24. The average molecular weight is 209 g/mol. The van der Waals surface area contributed by atoms with Gasteiger partial charge in [0.2, 0.25) is 0 Å². The Balaban J connectivity index is 1.84. The van der Waals surface area contributed by atoms with Crippen LogP contribution in [0.25, 0.3) is 0 Å². The van der Waals surface area contributed by atoms with Crippen LogP contribution in [0.3, 0.4) is 0 Å². The summed E-state index contributed by atoms with van der Waals surface area (Å²) in [5.74, 6) is 1.01. The summed E-state index contributed by atoms with van der Waals surface area (Å²) in [5.41, 5.74) is 0. The molecule has 2 heterocycles. The van der Waals surface area contributed by atoms with E-state index < -0.39 is 0 Å². The van der Waals surface area contributed by atoms with E-state index >= 15 is 0 Å². The molecular weight excluding hydrogens is 190 g/mol. The second-order valence-electron chi connectivity index (χ2n) is 4.14. The molecule has 0 aliphatic carbocycles. The summed E-state index contributed by atoms with van der Waals surface area (Å²) in [4.78, 5) is 0. The van der Waals surface area contributed by atoms with Crippen LogP contribution in [0.15, 0.2) is 22.8 Å². The molecule has 0 bridgehead atoms. The maximum atomic E-state index is 5.43. The quantitative estimate of drug-likeness (QED) is 0.830. The summed E-state index contributed by atoms with van der Waals surface area (Å²) in [5, 5.41) is 3.59. The highest BCUT2D eigenvalue weighted by atomic mass is 16.5. The number of hydrogen-bond donors (Lipinski definition) is 1. The number of ether oxygens (including phenoxy) is 1. The summed E-state index contributed by atoms with van der Waals surface area (Å²) in [6.45, 7) is 3.93.